The summed E-state index contributed by atoms with van der Waals surface area (Å²) in [4.78, 5) is 26.3. The van der Waals surface area contributed by atoms with Crippen LogP contribution in [0.1, 0.15) is 30.3 Å². The van der Waals surface area contributed by atoms with Crippen LogP contribution in [0.4, 0.5) is 4.79 Å². The zero-order chi connectivity index (χ0) is 19.4. The number of esters is 1. The second-order valence-corrected chi connectivity index (χ2v) is 8.32. The molecule has 8 heteroatoms. The van der Waals surface area contributed by atoms with E-state index in [0.717, 1.165) is 21.1 Å². The van der Waals surface area contributed by atoms with Gasteiger partial charge in [-0.15, -0.1) is 23.1 Å². The van der Waals surface area contributed by atoms with Crippen molar-refractivity contribution >= 4 is 46.7 Å². The Kier molecular flexibility index (Phi) is 6.46. The van der Waals surface area contributed by atoms with Crippen LogP contribution >= 0.6 is 34.7 Å². The third kappa shape index (κ3) is 4.86. The fraction of sp³-hybridized carbons (Fsp3) is 0.263. The van der Waals surface area contributed by atoms with E-state index in [2.05, 4.69) is 10.6 Å². The van der Waals surface area contributed by atoms with Gasteiger partial charge in [0, 0.05) is 26.2 Å². The number of benzene rings is 1. The maximum absolute atomic E-state index is 12.4. The first-order chi connectivity index (χ1) is 13.0. The number of rotatable bonds is 6. The molecule has 0 aliphatic carbocycles. The summed E-state index contributed by atoms with van der Waals surface area (Å²) in [5.41, 5.74) is 2.09. The van der Waals surface area contributed by atoms with Gasteiger partial charge in [0.25, 0.3) is 0 Å². The largest absolute Gasteiger partial charge is 0.463 e. The van der Waals surface area contributed by atoms with Gasteiger partial charge >= 0.3 is 12.0 Å². The minimum atomic E-state index is -0.503. The molecule has 142 valence electrons. The molecule has 1 aromatic carbocycles. The number of allylic oxidation sites excluding steroid dienone is 1. The van der Waals surface area contributed by atoms with E-state index in [4.69, 9.17) is 16.3 Å². The van der Waals surface area contributed by atoms with E-state index >= 15 is 0 Å². The fourth-order valence-corrected chi connectivity index (χ4v) is 4.74. The molecule has 1 aliphatic rings. The molecule has 0 radical (unpaired) electrons. The first-order valence-electron chi connectivity index (χ1n) is 8.39. The van der Waals surface area contributed by atoms with Gasteiger partial charge in [0.2, 0.25) is 0 Å². The highest BCUT2D eigenvalue weighted by Gasteiger charge is 2.32. The van der Waals surface area contributed by atoms with Crippen molar-refractivity contribution in [3.05, 3.63) is 62.4 Å². The number of thiophene rings is 1. The number of nitrogens with one attached hydrogen (secondary N) is 2. The van der Waals surface area contributed by atoms with Crippen LogP contribution in [0, 0.1) is 0 Å². The predicted molar refractivity (Wildman–Crippen MR) is 109 cm³/mol. The van der Waals surface area contributed by atoms with Crippen molar-refractivity contribution < 1.29 is 14.3 Å². The first-order valence-corrected chi connectivity index (χ1v) is 10.6. The molecule has 27 heavy (non-hydrogen) atoms. The molecule has 2 N–H and O–H groups in total. The number of urea groups is 1. The van der Waals surface area contributed by atoms with E-state index in [-0.39, 0.29) is 12.6 Å². The van der Waals surface area contributed by atoms with Crippen LogP contribution in [-0.2, 0) is 15.3 Å². The summed E-state index contributed by atoms with van der Waals surface area (Å²) < 4.78 is 5.16. The number of carbonyl (C=O) groups excluding carboxylic acids is 2. The molecule has 0 saturated heterocycles. The molecule has 2 amide bonds. The average molecular weight is 423 g/mol. The Balaban J connectivity index is 1.76. The van der Waals surface area contributed by atoms with Crippen LogP contribution in [0.2, 0.25) is 5.02 Å². The summed E-state index contributed by atoms with van der Waals surface area (Å²) in [6.07, 6.45) is 0. The summed E-state index contributed by atoms with van der Waals surface area (Å²) in [5.74, 6) is 0.368. The number of hydrogen-bond acceptors (Lipinski definition) is 5. The van der Waals surface area contributed by atoms with Gasteiger partial charge in [-0.2, -0.15) is 0 Å². The second kappa shape index (κ2) is 8.82. The van der Waals surface area contributed by atoms with Crippen molar-refractivity contribution in [2.24, 2.45) is 0 Å². The lowest BCUT2D eigenvalue weighted by Gasteiger charge is -2.27. The summed E-state index contributed by atoms with van der Waals surface area (Å²) in [6.45, 7) is 3.75. The lowest BCUT2D eigenvalue weighted by molar-refractivity contribution is -0.139. The van der Waals surface area contributed by atoms with E-state index in [1.54, 1.807) is 25.6 Å². The van der Waals surface area contributed by atoms with Gasteiger partial charge in [-0.1, -0.05) is 11.6 Å². The minimum absolute atomic E-state index is 0.281. The van der Waals surface area contributed by atoms with Crippen molar-refractivity contribution in [3.63, 3.8) is 0 Å². The van der Waals surface area contributed by atoms with E-state index in [1.807, 2.05) is 35.7 Å². The molecular weight excluding hydrogens is 404 g/mol. The molecular formula is C19H19ClN2O3S2. The highest BCUT2D eigenvalue weighted by molar-refractivity contribution is 7.98. The molecule has 1 unspecified atom stereocenters. The standard InChI is InChI=1S/C19H19ClN2O3S2/c1-3-25-18(23)16-11(2)21-19(24)22-17(16)15-8-12(10-27-15)9-26-14-6-4-13(20)5-7-14/h4-8,10,17H,3,9H2,1-2H3,(H2,21,22,24). The molecule has 1 aromatic heterocycles. The Hall–Kier alpha value is -1.96. The van der Waals surface area contributed by atoms with E-state index < -0.39 is 12.0 Å². The van der Waals surface area contributed by atoms with Crippen LogP contribution in [0.5, 0.6) is 0 Å². The summed E-state index contributed by atoms with van der Waals surface area (Å²) in [6, 6.07) is 8.90. The van der Waals surface area contributed by atoms with Crippen molar-refractivity contribution in [1.29, 1.82) is 0 Å². The maximum atomic E-state index is 12.4. The van der Waals surface area contributed by atoms with Gasteiger partial charge < -0.3 is 15.4 Å². The SMILES string of the molecule is CCOC(=O)C1=C(C)NC(=O)NC1c1cc(CSc2ccc(Cl)cc2)cs1. The molecule has 5 nitrogen and oxygen atoms in total. The molecule has 2 aromatic rings. The molecule has 0 spiro atoms. The Labute approximate surface area is 171 Å². The van der Waals surface area contributed by atoms with Gasteiger partial charge in [-0.3, -0.25) is 0 Å². The van der Waals surface area contributed by atoms with Gasteiger partial charge in [0.1, 0.15) is 0 Å². The average Bonchev–Trinajstić information content (AvgIpc) is 3.09. The van der Waals surface area contributed by atoms with E-state index in [9.17, 15) is 9.59 Å². The maximum Gasteiger partial charge on any atom is 0.338 e. The molecule has 0 fully saturated rings. The van der Waals surface area contributed by atoms with Crippen molar-refractivity contribution in [2.45, 2.75) is 30.5 Å². The van der Waals surface area contributed by atoms with Crippen LogP contribution in [0.15, 0.2) is 51.9 Å². The van der Waals surface area contributed by atoms with Crippen molar-refractivity contribution in [2.75, 3.05) is 6.61 Å². The van der Waals surface area contributed by atoms with E-state index in [0.29, 0.717) is 16.3 Å². The second-order valence-electron chi connectivity index (χ2n) is 5.89. The predicted octanol–water partition coefficient (Wildman–Crippen LogP) is 4.88. The normalized spacial score (nSPS) is 16.7. The lowest BCUT2D eigenvalue weighted by Crippen LogP contribution is -2.45. The third-order valence-corrected chi connectivity index (χ3v) is 6.32. The monoisotopic (exact) mass is 422 g/mol. The summed E-state index contributed by atoms with van der Waals surface area (Å²) in [5, 5.41) is 8.23. The third-order valence-electron chi connectivity index (χ3n) is 3.94. The summed E-state index contributed by atoms with van der Waals surface area (Å²) >= 11 is 9.14. The number of amides is 2. The first kappa shape index (κ1) is 19.8. The summed E-state index contributed by atoms with van der Waals surface area (Å²) in [7, 11) is 0. The van der Waals surface area contributed by atoms with Gasteiger partial charge in [0.05, 0.1) is 18.2 Å². The number of ether oxygens (including phenoxy) is 1. The Morgan fingerprint density at radius 2 is 2.07 bits per heavy atom. The number of thioether (sulfide) groups is 1. The lowest BCUT2D eigenvalue weighted by atomic mass is 10.0. The number of hydrogen-bond donors (Lipinski definition) is 2. The molecule has 0 bridgehead atoms. The van der Waals surface area contributed by atoms with Crippen molar-refractivity contribution in [3.8, 4) is 0 Å². The topological polar surface area (TPSA) is 67.4 Å². The Bertz CT molecular complexity index is 877. The molecule has 1 atom stereocenters. The highest BCUT2D eigenvalue weighted by atomic mass is 35.5. The van der Waals surface area contributed by atoms with Crippen LogP contribution in [-0.4, -0.2) is 18.6 Å². The van der Waals surface area contributed by atoms with Gasteiger partial charge in [-0.25, -0.2) is 9.59 Å². The van der Waals surface area contributed by atoms with Gasteiger partial charge in [0.15, 0.2) is 0 Å². The molecule has 1 aliphatic heterocycles. The van der Waals surface area contributed by atoms with Crippen LogP contribution < -0.4 is 10.6 Å². The fourth-order valence-electron chi connectivity index (χ4n) is 2.71. The number of carbonyl (C=O) groups is 2. The van der Waals surface area contributed by atoms with Crippen molar-refractivity contribution in [1.82, 2.24) is 10.6 Å². The Morgan fingerprint density at radius 1 is 1.33 bits per heavy atom. The van der Waals surface area contributed by atoms with Crippen LogP contribution in [0.3, 0.4) is 0 Å². The van der Waals surface area contributed by atoms with Gasteiger partial charge in [-0.05, 0) is 55.1 Å². The quantitative estimate of drug-likeness (QED) is 0.514. The van der Waals surface area contributed by atoms with Crippen LogP contribution in [0.25, 0.3) is 0 Å². The number of halogens is 1. The molecule has 0 saturated carbocycles. The Morgan fingerprint density at radius 3 is 2.78 bits per heavy atom. The van der Waals surface area contributed by atoms with E-state index in [1.165, 1.54) is 11.3 Å². The zero-order valence-electron chi connectivity index (χ0n) is 14.9. The smallest absolute Gasteiger partial charge is 0.338 e. The minimum Gasteiger partial charge on any atom is -0.463 e. The highest BCUT2D eigenvalue weighted by Crippen LogP contribution is 2.34. The zero-order valence-corrected chi connectivity index (χ0v) is 17.3. The molecule has 3 rings (SSSR count). The molecule has 2 heterocycles.